The summed E-state index contributed by atoms with van der Waals surface area (Å²) in [5.41, 5.74) is 6.08. The minimum absolute atomic E-state index is 0. The van der Waals surface area contributed by atoms with Crippen LogP contribution < -0.4 is 11.1 Å². The standard InChI is InChI=1S/C19H39N5O.HI/c1-16(2)18(24-9-5-17(3)6-10-24)15-22-19(20)21-7-4-8-23-11-13-25-14-12-23;/h16-18H,4-15H2,1-3H3,(H3,20,21,22);1H. The van der Waals surface area contributed by atoms with E-state index in [4.69, 9.17) is 10.5 Å². The van der Waals surface area contributed by atoms with Crippen LogP contribution in [0.1, 0.15) is 40.0 Å². The number of hydrogen-bond acceptors (Lipinski definition) is 4. The zero-order valence-corrected chi connectivity index (χ0v) is 19.3. The van der Waals surface area contributed by atoms with Crippen LogP contribution in [-0.4, -0.2) is 80.8 Å². The number of halogens is 1. The fourth-order valence-corrected chi connectivity index (χ4v) is 3.70. The van der Waals surface area contributed by atoms with Gasteiger partial charge >= 0.3 is 0 Å². The Balaban J connectivity index is 0.00000338. The number of nitrogens with zero attached hydrogens (tertiary/aromatic N) is 3. The quantitative estimate of drug-likeness (QED) is 0.240. The lowest BCUT2D eigenvalue weighted by Crippen LogP contribution is -2.46. The van der Waals surface area contributed by atoms with Crippen LogP contribution in [0.3, 0.4) is 0 Å². The summed E-state index contributed by atoms with van der Waals surface area (Å²) in [5, 5.41) is 3.28. The molecule has 2 fully saturated rings. The predicted molar refractivity (Wildman–Crippen MR) is 120 cm³/mol. The van der Waals surface area contributed by atoms with E-state index >= 15 is 0 Å². The number of guanidine groups is 1. The first kappa shape index (κ1) is 23.9. The molecule has 0 radical (unpaired) electrons. The highest BCUT2D eigenvalue weighted by molar-refractivity contribution is 14.0. The minimum Gasteiger partial charge on any atom is -0.379 e. The number of morpholine rings is 1. The van der Waals surface area contributed by atoms with Gasteiger partial charge in [-0.15, -0.1) is 24.0 Å². The van der Waals surface area contributed by atoms with Crippen LogP contribution in [-0.2, 0) is 4.74 Å². The molecule has 7 heteroatoms. The molecular formula is C19H40IN5O. The van der Waals surface area contributed by atoms with Gasteiger partial charge in [0.2, 0.25) is 0 Å². The van der Waals surface area contributed by atoms with Crippen molar-refractivity contribution in [3.05, 3.63) is 0 Å². The second kappa shape index (κ2) is 13.1. The normalized spacial score (nSPS) is 22.2. The van der Waals surface area contributed by atoms with E-state index in [9.17, 15) is 0 Å². The van der Waals surface area contributed by atoms with Crippen LogP contribution in [0.2, 0.25) is 0 Å². The first-order valence-corrected chi connectivity index (χ1v) is 10.1. The number of nitrogens with two attached hydrogens (primary N) is 1. The summed E-state index contributed by atoms with van der Waals surface area (Å²) in [5.74, 6) is 2.06. The Morgan fingerprint density at radius 1 is 1.19 bits per heavy atom. The van der Waals surface area contributed by atoms with E-state index in [0.717, 1.165) is 58.3 Å². The van der Waals surface area contributed by atoms with Crippen LogP contribution in [0.4, 0.5) is 0 Å². The van der Waals surface area contributed by atoms with Gasteiger partial charge in [0.05, 0.1) is 19.8 Å². The monoisotopic (exact) mass is 481 g/mol. The molecule has 6 nitrogen and oxygen atoms in total. The van der Waals surface area contributed by atoms with Gasteiger partial charge in [-0.3, -0.25) is 14.8 Å². The molecule has 0 aromatic rings. The van der Waals surface area contributed by atoms with E-state index in [0.29, 0.717) is 17.9 Å². The van der Waals surface area contributed by atoms with Gasteiger partial charge in [-0.25, -0.2) is 0 Å². The molecule has 0 bridgehead atoms. The summed E-state index contributed by atoms with van der Waals surface area (Å²) in [4.78, 5) is 9.69. The fourth-order valence-electron chi connectivity index (χ4n) is 3.70. The Morgan fingerprint density at radius 3 is 2.46 bits per heavy atom. The van der Waals surface area contributed by atoms with Crippen LogP contribution in [0.5, 0.6) is 0 Å². The van der Waals surface area contributed by atoms with Gasteiger partial charge in [-0.1, -0.05) is 20.8 Å². The van der Waals surface area contributed by atoms with Gasteiger partial charge in [0.25, 0.3) is 0 Å². The number of ether oxygens (including phenoxy) is 1. The first-order chi connectivity index (χ1) is 12.1. The molecule has 2 saturated heterocycles. The summed E-state index contributed by atoms with van der Waals surface area (Å²) in [6, 6.07) is 0.501. The zero-order chi connectivity index (χ0) is 18.1. The van der Waals surface area contributed by atoms with E-state index in [1.807, 2.05) is 0 Å². The van der Waals surface area contributed by atoms with Crippen molar-refractivity contribution >= 4 is 29.9 Å². The molecule has 3 N–H and O–H groups in total. The summed E-state index contributed by atoms with van der Waals surface area (Å²) in [6.07, 6.45) is 3.71. The van der Waals surface area contributed by atoms with Gasteiger partial charge in [0.15, 0.2) is 5.96 Å². The van der Waals surface area contributed by atoms with Gasteiger partial charge < -0.3 is 15.8 Å². The van der Waals surface area contributed by atoms with Gasteiger partial charge in [-0.05, 0) is 50.7 Å². The van der Waals surface area contributed by atoms with Gasteiger partial charge in [-0.2, -0.15) is 0 Å². The Hall–Kier alpha value is -0.120. The molecule has 2 aliphatic rings. The molecule has 0 saturated carbocycles. The van der Waals surface area contributed by atoms with E-state index in [2.05, 4.69) is 40.9 Å². The highest BCUT2D eigenvalue weighted by Gasteiger charge is 2.25. The molecule has 0 amide bonds. The number of rotatable bonds is 8. The lowest BCUT2D eigenvalue weighted by Gasteiger charge is -2.38. The van der Waals surface area contributed by atoms with Crippen molar-refractivity contribution < 1.29 is 4.74 Å². The maximum Gasteiger partial charge on any atom is 0.188 e. The smallest absolute Gasteiger partial charge is 0.188 e. The third-order valence-electron chi connectivity index (χ3n) is 5.57. The summed E-state index contributed by atoms with van der Waals surface area (Å²) < 4.78 is 5.37. The van der Waals surface area contributed by atoms with Crippen LogP contribution in [0.15, 0.2) is 4.99 Å². The molecule has 0 aromatic carbocycles. The Bertz CT molecular complexity index is 393. The molecule has 2 rings (SSSR count). The topological polar surface area (TPSA) is 66.1 Å². The molecular weight excluding hydrogens is 441 g/mol. The van der Waals surface area contributed by atoms with Crippen molar-refractivity contribution in [1.82, 2.24) is 15.1 Å². The lowest BCUT2D eigenvalue weighted by atomic mass is 9.94. The highest BCUT2D eigenvalue weighted by atomic mass is 127. The SMILES string of the molecule is CC1CCN(C(CN=C(N)NCCCN2CCOCC2)C(C)C)CC1.I. The second-order valence-electron chi connectivity index (χ2n) is 7.99. The lowest BCUT2D eigenvalue weighted by molar-refractivity contribution is 0.0376. The Kier molecular flexibility index (Phi) is 12.1. The molecule has 2 aliphatic heterocycles. The second-order valence-corrected chi connectivity index (χ2v) is 7.99. The zero-order valence-electron chi connectivity index (χ0n) is 17.0. The third-order valence-corrected chi connectivity index (χ3v) is 5.57. The molecule has 0 aliphatic carbocycles. The molecule has 2 heterocycles. The number of nitrogens with one attached hydrogen (secondary N) is 1. The molecule has 26 heavy (non-hydrogen) atoms. The van der Waals surface area contributed by atoms with Crippen molar-refractivity contribution in [2.24, 2.45) is 22.6 Å². The fraction of sp³-hybridized carbons (Fsp3) is 0.947. The first-order valence-electron chi connectivity index (χ1n) is 10.1. The largest absolute Gasteiger partial charge is 0.379 e. The number of likely N-dealkylation sites (tertiary alicyclic amines) is 1. The van der Waals surface area contributed by atoms with E-state index in [1.165, 1.54) is 25.9 Å². The van der Waals surface area contributed by atoms with Crippen LogP contribution in [0, 0.1) is 11.8 Å². The van der Waals surface area contributed by atoms with Crippen molar-refractivity contribution in [1.29, 1.82) is 0 Å². The number of aliphatic imine (C=N–C) groups is 1. The molecule has 154 valence electrons. The van der Waals surface area contributed by atoms with Crippen molar-refractivity contribution in [2.45, 2.75) is 46.1 Å². The number of piperidine rings is 1. The summed E-state index contributed by atoms with van der Waals surface area (Å²) in [7, 11) is 0. The highest BCUT2D eigenvalue weighted by Crippen LogP contribution is 2.21. The van der Waals surface area contributed by atoms with E-state index in [-0.39, 0.29) is 24.0 Å². The van der Waals surface area contributed by atoms with Gasteiger partial charge in [0.1, 0.15) is 0 Å². The molecule has 0 spiro atoms. The van der Waals surface area contributed by atoms with Crippen LogP contribution >= 0.6 is 24.0 Å². The Labute approximate surface area is 177 Å². The summed E-state index contributed by atoms with van der Waals surface area (Å²) >= 11 is 0. The van der Waals surface area contributed by atoms with Crippen LogP contribution in [0.25, 0.3) is 0 Å². The maximum atomic E-state index is 6.08. The average Bonchev–Trinajstić information content (AvgIpc) is 2.61. The van der Waals surface area contributed by atoms with Gasteiger partial charge in [0, 0.05) is 25.7 Å². The number of hydrogen-bond donors (Lipinski definition) is 2. The minimum atomic E-state index is 0. The summed E-state index contributed by atoms with van der Waals surface area (Å²) in [6.45, 7) is 16.0. The van der Waals surface area contributed by atoms with Crippen molar-refractivity contribution in [3.8, 4) is 0 Å². The average molecular weight is 481 g/mol. The van der Waals surface area contributed by atoms with E-state index < -0.39 is 0 Å². The van der Waals surface area contributed by atoms with Crippen molar-refractivity contribution in [2.75, 3.05) is 59.0 Å². The molecule has 0 aromatic heterocycles. The van der Waals surface area contributed by atoms with Crippen molar-refractivity contribution in [3.63, 3.8) is 0 Å². The maximum absolute atomic E-state index is 6.08. The Morgan fingerprint density at radius 2 is 1.85 bits per heavy atom. The molecule has 1 atom stereocenters. The van der Waals surface area contributed by atoms with E-state index in [1.54, 1.807) is 0 Å². The predicted octanol–water partition coefficient (Wildman–Crippen LogP) is 1.99. The molecule has 1 unspecified atom stereocenters. The third kappa shape index (κ3) is 8.71.